The molecule has 46 valence electrons. The summed E-state index contributed by atoms with van der Waals surface area (Å²) >= 11 is 0. The zero-order valence-corrected chi connectivity index (χ0v) is 5.11. The molecule has 0 aromatic carbocycles. The molecule has 0 aliphatic carbocycles. The van der Waals surface area contributed by atoms with E-state index in [1.54, 1.807) is 0 Å². The van der Waals surface area contributed by atoms with Crippen LogP contribution < -0.4 is 5.32 Å². The number of nitrogens with one attached hydrogen (secondary N) is 1. The molecule has 1 heterocycles. The fourth-order valence-corrected chi connectivity index (χ4v) is 0.949. The average molecular weight is 113 g/mol. The lowest BCUT2D eigenvalue weighted by molar-refractivity contribution is -0.123. The molecule has 1 amide bonds. The second kappa shape index (κ2) is 2.16. The first kappa shape index (κ1) is 5.60. The van der Waals surface area contributed by atoms with Gasteiger partial charge in [0, 0.05) is 13.0 Å². The Balaban J connectivity index is 2.34. The Kier molecular flexibility index (Phi) is 1.51. The van der Waals surface area contributed by atoms with E-state index in [1.807, 2.05) is 0 Å². The van der Waals surface area contributed by atoms with E-state index in [-0.39, 0.29) is 5.91 Å². The Morgan fingerprint density at radius 2 is 2.50 bits per heavy atom. The molecule has 2 heteroatoms. The maximum Gasteiger partial charge on any atom is 0.220 e. The van der Waals surface area contributed by atoms with Crippen LogP contribution in [0, 0.1) is 5.92 Å². The molecule has 2 nitrogen and oxygen atoms in total. The number of hydrogen-bond donors (Lipinski definition) is 1. The fraction of sp³-hybridized carbons (Fsp3) is 0.833. The average Bonchev–Trinajstić information content (AvgIpc) is 1.64. The van der Waals surface area contributed by atoms with Crippen LogP contribution in [0.25, 0.3) is 0 Å². The first-order chi connectivity index (χ1) is 3.79. The molecule has 0 bridgehead atoms. The van der Waals surface area contributed by atoms with E-state index in [0.717, 1.165) is 19.4 Å². The van der Waals surface area contributed by atoms with Crippen LogP contribution in [0.3, 0.4) is 0 Å². The van der Waals surface area contributed by atoms with Gasteiger partial charge in [0.15, 0.2) is 0 Å². The summed E-state index contributed by atoms with van der Waals surface area (Å²) in [5.41, 5.74) is 0. The van der Waals surface area contributed by atoms with Gasteiger partial charge in [-0.15, -0.1) is 0 Å². The van der Waals surface area contributed by atoms with Crippen LogP contribution in [0.1, 0.15) is 19.8 Å². The maximum atomic E-state index is 10.6. The maximum absolute atomic E-state index is 10.6. The molecule has 0 aromatic rings. The van der Waals surface area contributed by atoms with E-state index < -0.39 is 0 Å². The molecule has 1 rings (SSSR count). The van der Waals surface area contributed by atoms with Crippen molar-refractivity contribution in [1.29, 1.82) is 0 Å². The monoisotopic (exact) mass is 113 g/mol. The van der Waals surface area contributed by atoms with Gasteiger partial charge in [0.1, 0.15) is 0 Å². The normalized spacial score (nSPS) is 29.6. The van der Waals surface area contributed by atoms with Gasteiger partial charge in [0.05, 0.1) is 0 Å². The molecule has 1 atom stereocenters. The van der Waals surface area contributed by atoms with Crippen molar-refractivity contribution in [3.8, 4) is 0 Å². The summed E-state index contributed by atoms with van der Waals surface area (Å²) < 4.78 is 0. The van der Waals surface area contributed by atoms with Crippen LogP contribution in [-0.4, -0.2) is 12.5 Å². The highest BCUT2D eigenvalue weighted by Gasteiger charge is 2.13. The minimum Gasteiger partial charge on any atom is -0.356 e. The van der Waals surface area contributed by atoms with E-state index in [2.05, 4.69) is 12.2 Å². The van der Waals surface area contributed by atoms with Gasteiger partial charge < -0.3 is 5.32 Å². The lowest BCUT2D eigenvalue weighted by Crippen LogP contribution is -2.32. The van der Waals surface area contributed by atoms with Crippen LogP contribution in [0.2, 0.25) is 0 Å². The lowest BCUT2D eigenvalue weighted by Gasteiger charge is -2.16. The Morgan fingerprint density at radius 1 is 1.75 bits per heavy atom. The van der Waals surface area contributed by atoms with Crippen molar-refractivity contribution in [3.05, 3.63) is 0 Å². The standard InChI is InChI=1S/C6H11NO/c1-5-2-3-7-6(8)4-5/h5H,2-4H2,1H3,(H,7,8)/t5-/m0/s1. The van der Waals surface area contributed by atoms with Crippen molar-refractivity contribution >= 4 is 5.91 Å². The van der Waals surface area contributed by atoms with Crippen molar-refractivity contribution in [2.75, 3.05) is 6.54 Å². The fourth-order valence-electron chi connectivity index (χ4n) is 0.949. The van der Waals surface area contributed by atoms with Crippen LogP contribution in [0.15, 0.2) is 0 Å². The van der Waals surface area contributed by atoms with Crippen LogP contribution >= 0.6 is 0 Å². The van der Waals surface area contributed by atoms with Crippen LogP contribution in [-0.2, 0) is 4.79 Å². The Morgan fingerprint density at radius 3 is 2.88 bits per heavy atom. The number of carbonyl (C=O) groups is 1. The highest BCUT2D eigenvalue weighted by Crippen LogP contribution is 2.09. The Bertz CT molecular complexity index is 101. The summed E-state index contributed by atoms with van der Waals surface area (Å²) in [5, 5.41) is 2.77. The Labute approximate surface area is 49.3 Å². The third-order valence-electron chi connectivity index (χ3n) is 1.49. The van der Waals surface area contributed by atoms with Gasteiger partial charge in [-0.3, -0.25) is 4.79 Å². The molecule has 0 aromatic heterocycles. The minimum atomic E-state index is 0.212. The third kappa shape index (κ3) is 1.22. The zero-order valence-electron chi connectivity index (χ0n) is 5.11. The van der Waals surface area contributed by atoms with Gasteiger partial charge in [0.25, 0.3) is 0 Å². The summed E-state index contributed by atoms with van der Waals surface area (Å²) in [5.74, 6) is 0.812. The topological polar surface area (TPSA) is 29.1 Å². The van der Waals surface area contributed by atoms with Crippen LogP contribution in [0.4, 0.5) is 0 Å². The number of amides is 1. The molecule has 0 saturated carbocycles. The van der Waals surface area contributed by atoms with Crippen molar-refractivity contribution in [2.24, 2.45) is 5.92 Å². The van der Waals surface area contributed by atoms with Gasteiger partial charge in [-0.25, -0.2) is 0 Å². The molecular weight excluding hydrogens is 102 g/mol. The number of piperidine rings is 1. The predicted octanol–water partition coefficient (Wildman–Crippen LogP) is 0.532. The highest BCUT2D eigenvalue weighted by atomic mass is 16.1. The van der Waals surface area contributed by atoms with Crippen LogP contribution in [0.5, 0.6) is 0 Å². The van der Waals surface area contributed by atoms with E-state index in [1.165, 1.54) is 0 Å². The molecular formula is C6H11NO. The largest absolute Gasteiger partial charge is 0.356 e. The van der Waals surface area contributed by atoms with Crippen molar-refractivity contribution < 1.29 is 4.79 Å². The van der Waals surface area contributed by atoms with Crippen molar-refractivity contribution in [1.82, 2.24) is 5.32 Å². The SMILES string of the molecule is C[C@H]1CCNC(=O)C1. The summed E-state index contributed by atoms with van der Waals surface area (Å²) in [6, 6.07) is 0. The molecule has 1 aliphatic heterocycles. The van der Waals surface area contributed by atoms with Gasteiger partial charge in [-0.2, -0.15) is 0 Å². The van der Waals surface area contributed by atoms with Crippen molar-refractivity contribution in [2.45, 2.75) is 19.8 Å². The smallest absolute Gasteiger partial charge is 0.220 e. The molecule has 0 radical (unpaired) electrons. The summed E-state index contributed by atoms with van der Waals surface area (Å²) in [4.78, 5) is 10.6. The van der Waals surface area contributed by atoms with Crippen molar-refractivity contribution in [3.63, 3.8) is 0 Å². The summed E-state index contributed by atoms with van der Waals surface area (Å²) in [6.07, 6.45) is 1.87. The molecule has 8 heavy (non-hydrogen) atoms. The number of carbonyl (C=O) groups excluding carboxylic acids is 1. The number of hydrogen-bond acceptors (Lipinski definition) is 1. The molecule has 0 spiro atoms. The lowest BCUT2D eigenvalue weighted by atomic mass is 10.0. The Hall–Kier alpha value is -0.530. The third-order valence-corrected chi connectivity index (χ3v) is 1.49. The number of rotatable bonds is 0. The molecule has 0 unspecified atom stereocenters. The van der Waals surface area contributed by atoms with Gasteiger partial charge in [0.2, 0.25) is 5.91 Å². The van der Waals surface area contributed by atoms with E-state index in [0.29, 0.717) is 5.92 Å². The highest BCUT2D eigenvalue weighted by molar-refractivity contribution is 5.76. The summed E-state index contributed by atoms with van der Waals surface area (Å²) in [6.45, 7) is 2.98. The molecule has 1 fully saturated rings. The molecule has 1 saturated heterocycles. The first-order valence-electron chi connectivity index (χ1n) is 3.06. The second-order valence-electron chi connectivity index (χ2n) is 2.45. The molecule has 1 N–H and O–H groups in total. The first-order valence-corrected chi connectivity index (χ1v) is 3.06. The second-order valence-corrected chi connectivity index (χ2v) is 2.45. The van der Waals surface area contributed by atoms with E-state index in [4.69, 9.17) is 0 Å². The van der Waals surface area contributed by atoms with Gasteiger partial charge in [-0.05, 0) is 12.3 Å². The van der Waals surface area contributed by atoms with Gasteiger partial charge in [-0.1, -0.05) is 6.92 Å². The summed E-state index contributed by atoms with van der Waals surface area (Å²) in [7, 11) is 0. The predicted molar refractivity (Wildman–Crippen MR) is 31.4 cm³/mol. The van der Waals surface area contributed by atoms with E-state index >= 15 is 0 Å². The molecule has 1 aliphatic rings. The quantitative estimate of drug-likeness (QED) is 0.488. The van der Waals surface area contributed by atoms with E-state index in [9.17, 15) is 4.79 Å². The zero-order chi connectivity index (χ0) is 5.98. The minimum absolute atomic E-state index is 0.212. The van der Waals surface area contributed by atoms with Gasteiger partial charge >= 0.3 is 0 Å².